The lowest BCUT2D eigenvalue weighted by Crippen LogP contribution is -2.43. The number of anilines is 1. The van der Waals surface area contributed by atoms with Gasteiger partial charge >= 0.3 is 0 Å². The number of rotatable bonds is 6. The van der Waals surface area contributed by atoms with Gasteiger partial charge in [0.25, 0.3) is 0 Å². The van der Waals surface area contributed by atoms with Crippen molar-refractivity contribution in [2.24, 2.45) is 5.92 Å². The number of nitrogens with zero attached hydrogens (tertiary/aromatic N) is 2. The standard InChI is InChI=1S/C21H31N3O4S/c1-3-4-12-23(2)21(26)16-10-13-24(14-11-16)29(27,28)18-8-9-19-17(15-18)6-5-7-20(25)22-19/h8-9,15-16H,3-7,10-14H2,1-2H3,(H,22,25). The fraction of sp³-hybridized carbons (Fsp3) is 0.619. The third-order valence-corrected chi connectivity index (χ3v) is 7.76. The van der Waals surface area contributed by atoms with Crippen LogP contribution in [0.4, 0.5) is 5.69 Å². The van der Waals surface area contributed by atoms with Crippen LogP contribution in [0.1, 0.15) is 51.0 Å². The Morgan fingerprint density at radius 1 is 1.24 bits per heavy atom. The van der Waals surface area contributed by atoms with Crippen molar-refractivity contribution in [3.8, 4) is 0 Å². The minimum atomic E-state index is -3.61. The minimum Gasteiger partial charge on any atom is -0.346 e. The monoisotopic (exact) mass is 421 g/mol. The second kappa shape index (κ2) is 9.26. The van der Waals surface area contributed by atoms with Crippen LogP contribution in [-0.2, 0) is 26.0 Å². The van der Waals surface area contributed by atoms with Gasteiger partial charge in [0.1, 0.15) is 0 Å². The Kier molecular flexibility index (Phi) is 6.95. The molecule has 1 N–H and O–H groups in total. The zero-order chi connectivity index (χ0) is 21.0. The van der Waals surface area contributed by atoms with Crippen LogP contribution in [-0.4, -0.2) is 56.1 Å². The maximum atomic E-state index is 13.1. The van der Waals surface area contributed by atoms with E-state index in [1.54, 1.807) is 23.1 Å². The van der Waals surface area contributed by atoms with Gasteiger partial charge in [0, 0.05) is 44.7 Å². The smallest absolute Gasteiger partial charge is 0.243 e. The summed E-state index contributed by atoms with van der Waals surface area (Å²) in [6.07, 6.45) is 4.96. The summed E-state index contributed by atoms with van der Waals surface area (Å²) >= 11 is 0. The van der Waals surface area contributed by atoms with E-state index in [1.807, 2.05) is 7.05 Å². The number of hydrogen-bond donors (Lipinski definition) is 1. The van der Waals surface area contributed by atoms with Gasteiger partial charge in [0.2, 0.25) is 21.8 Å². The van der Waals surface area contributed by atoms with Crippen molar-refractivity contribution >= 4 is 27.5 Å². The number of piperidine rings is 1. The Bertz CT molecular complexity index is 861. The highest BCUT2D eigenvalue weighted by Gasteiger charge is 2.33. The molecule has 2 aliphatic rings. The van der Waals surface area contributed by atoms with E-state index in [9.17, 15) is 18.0 Å². The zero-order valence-electron chi connectivity index (χ0n) is 17.3. The van der Waals surface area contributed by atoms with Crippen LogP contribution in [0.25, 0.3) is 0 Å². The van der Waals surface area contributed by atoms with Crippen LogP contribution >= 0.6 is 0 Å². The molecule has 2 amide bonds. The molecule has 0 saturated carbocycles. The number of hydrogen-bond acceptors (Lipinski definition) is 4. The van der Waals surface area contributed by atoms with Gasteiger partial charge < -0.3 is 10.2 Å². The Hall–Kier alpha value is -1.93. The van der Waals surface area contributed by atoms with Crippen molar-refractivity contribution in [1.82, 2.24) is 9.21 Å². The summed E-state index contributed by atoms with van der Waals surface area (Å²) < 4.78 is 27.7. The molecular weight excluding hydrogens is 390 g/mol. The van der Waals surface area contributed by atoms with E-state index in [-0.39, 0.29) is 22.6 Å². The predicted octanol–water partition coefficient (Wildman–Crippen LogP) is 2.62. The van der Waals surface area contributed by atoms with Crippen molar-refractivity contribution in [3.63, 3.8) is 0 Å². The molecule has 1 aromatic carbocycles. The Morgan fingerprint density at radius 3 is 2.66 bits per heavy atom. The summed E-state index contributed by atoms with van der Waals surface area (Å²) in [7, 11) is -1.78. The molecule has 0 radical (unpaired) electrons. The van der Waals surface area contributed by atoms with Gasteiger partial charge in [0.15, 0.2) is 0 Å². The van der Waals surface area contributed by atoms with Crippen LogP contribution < -0.4 is 5.32 Å². The van der Waals surface area contributed by atoms with Crippen molar-refractivity contribution in [3.05, 3.63) is 23.8 Å². The molecule has 0 aliphatic carbocycles. The van der Waals surface area contributed by atoms with Gasteiger partial charge in [-0.2, -0.15) is 4.31 Å². The van der Waals surface area contributed by atoms with E-state index >= 15 is 0 Å². The second-order valence-corrected chi connectivity index (χ2v) is 9.95. The molecular formula is C21H31N3O4S. The summed E-state index contributed by atoms with van der Waals surface area (Å²) in [5.41, 5.74) is 1.56. The average Bonchev–Trinajstić information content (AvgIpc) is 2.91. The van der Waals surface area contributed by atoms with Gasteiger partial charge in [-0.3, -0.25) is 9.59 Å². The third-order valence-electron chi connectivity index (χ3n) is 5.86. The van der Waals surface area contributed by atoms with E-state index in [1.165, 1.54) is 4.31 Å². The van der Waals surface area contributed by atoms with E-state index in [4.69, 9.17) is 0 Å². The van der Waals surface area contributed by atoms with Gasteiger partial charge in [0.05, 0.1) is 4.90 Å². The number of fused-ring (bicyclic) bond motifs is 1. The quantitative estimate of drug-likeness (QED) is 0.765. The highest BCUT2D eigenvalue weighted by molar-refractivity contribution is 7.89. The number of benzene rings is 1. The number of aryl methyl sites for hydroxylation is 1. The summed E-state index contributed by atoms with van der Waals surface area (Å²) in [6.45, 7) is 3.56. The first-order valence-electron chi connectivity index (χ1n) is 10.5. The molecule has 160 valence electrons. The molecule has 8 heteroatoms. The molecule has 0 bridgehead atoms. The first-order chi connectivity index (χ1) is 13.8. The van der Waals surface area contributed by atoms with Gasteiger partial charge in [-0.1, -0.05) is 13.3 Å². The van der Waals surface area contributed by atoms with E-state index in [2.05, 4.69) is 12.2 Å². The van der Waals surface area contributed by atoms with Crippen LogP contribution in [0.2, 0.25) is 0 Å². The molecule has 29 heavy (non-hydrogen) atoms. The lowest BCUT2D eigenvalue weighted by molar-refractivity contribution is -0.135. The molecule has 7 nitrogen and oxygen atoms in total. The molecule has 0 aromatic heterocycles. The average molecular weight is 422 g/mol. The van der Waals surface area contributed by atoms with Crippen LogP contribution in [0.15, 0.2) is 23.1 Å². The molecule has 0 unspecified atom stereocenters. The largest absolute Gasteiger partial charge is 0.346 e. The van der Waals surface area contributed by atoms with Crippen molar-refractivity contribution < 1.29 is 18.0 Å². The Labute approximate surface area is 173 Å². The number of nitrogens with one attached hydrogen (secondary N) is 1. The van der Waals surface area contributed by atoms with E-state index in [0.29, 0.717) is 50.9 Å². The van der Waals surface area contributed by atoms with Crippen LogP contribution in [0.5, 0.6) is 0 Å². The summed E-state index contributed by atoms with van der Waals surface area (Å²) in [5.74, 6) is -0.0168. The molecule has 3 rings (SSSR count). The van der Waals surface area contributed by atoms with Crippen LogP contribution in [0, 0.1) is 5.92 Å². The van der Waals surface area contributed by atoms with Gasteiger partial charge in [-0.25, -0.2) is 8.42 Å². The number of carbonyl (C=O) groups excluding carboxylic acids is 2. The molecule has 1 fully saturated rings. The molecule has 1 saturated heterocycles. The van der Waals surface area contributed by atoms with Crippen molar-refractivity contribution in [2.45, 2.75) is 56.8 Å². The predicted molar refractivity (Wildman–Crippen MR) is 112 cm³/mol. The normalized spacial score (nSPS) is 18.6. The van der Waals surface area contributed by atoms with Gasteiger partial charge in [-0.15, -0.1) is 0 Å². The number of sulfonamides is 1. The number of amides is 2. The molecule has 0 spiro atoms. The third kappa shape index (κ3) is 4.98. The molecule has 0 atom stereocenters. The summed E-state index contributed by atoms with van der Waals surface area (Å²) in [4.78, 5) is 26.3. The molecule has 2 aliphatic heterocycles. The lowest BCUT2D eigenvalue weighted by Gasteiger charge is -2.32. The first kappa shape index (κ1) is 21.8. The Morgan fingerprint density at radius 2 is 1.97 bits per heavy atom. The maximum Gasteiger partial charge on any atom is 0.243 e. The summed E-state index contributed by atoms with van der Waals surface area (Å²) in [6, 6.07) is 4.94. The lowest BCUT2D eigenvalue weighted by atomic mass is 9.96. The van der Waals surface area contributed by atoms with E-state index in [0.717, 1.165) is 24.9 Å². The van der Waals surface area contributed by atoms with Crippen molar-refractivity contribution in [2.75, 3.05) is 32.0 Å². The topological polar surface area (TPSA) is 86.8 Å². The molecule has 1 aromatic rings. The number of unbranched alkanes of at least 4 members (excludes halogenated alkanes) is 1. The van der Waals surface area contributed by atoms with Gasteiger partial charge in [-0.05, 0) is 55.9 Å². The summed E-state index contributed by atoms with van der Waals surface area (Å²) in [5, 5.41) is 2.83. The maximum absolute atomic E-state index is 13.1. The van der Waals surface area contributed by atoms with Crippen LogP contribution in [0.3, 0.4) is 0 Å². The molecule has 2 heterocycles. The second-order valence-electron chi connectivity index (χ2n) is 8.01. The first-order valence-corrected chi connectivity index (χ1v) is 11.9. The van der Waals surface area contributed by atoms with Crippen molar-refractivity contribution in [1.29, 1.82) is 0 Å². The number of carbonyl (C=O) groups is 2. The zero-order valence-corrected chi connectivity index (χ0v) is 18.1. The fourth-order valence-corrected chi connectivity index (χ4v) is 5.54. The highest BCUT2D eigenvalue weighted by atomic mass is 32.2. The minimum absolute atomic E-state index is 0.0324. The SMILES string of the molecule is CCCCN(C)C(=O)C1CCN(S(=O)(=O)c2ccc3c(c2)CCCC(=O)N3)CC1. The Balaban J connectivity index is 1.67. The fourth-order valence-electron chi connectivity index (χ4n) is 4.02. The highest BCUT2D eigenvalue weighted by Crippen LogP contribution is 2.29. The van der Waals surface area contributed by atoms with E-state index < -0.39 is 10.0 Å².